The summed E-state index contributed by atoms with van der Waals surface area (Å²) in [6.45, 7) is 1.71. The number of urea groups is 1. The van der Waals surface area contributed by atoms with E-state index in [0.29, 0.717) is 5.69 Å². The topological polar surface area (TPSA) is 123 Å². The van der Waals surface area contributed by atoms with Crippen molar-refractivity contribution >= 4 is 23.5 Å². The highest BCUT2D eigenvalue weighted by atomic mass is 16.6. The van der Waals surface area contributed by atoms with Gasteiger partial charge in [0.15, 0.2) is 0 Å². The molecule has 19 heavy (non-hydrogen) atoms. The molecule has 3 amide bonds. The number of nitrogens with one attached hydrogen (secondary N) is 1. The van der Waals surface area contributed by atoms with Gasteiger partial charge in [0, 0.05) is 17.8 Å². The van der Waals surface area contributed by atoms with Gasteiger partial charge in [-0.1, -0.05) is 10.2 Å². The number of non-ortho nitro benzene ring substituents is 1. The number of carbonyl (C=O) groups is 2. The molecule has 0 spiro atoms. The molecule has 0 bridgehead atoms. The highest BCUT2D eigenvalue weighted by molar-refractivity contribution is 5.90. The monoisotopic (exact) mass is 266 g/mol. The molecule has 0 aliphatic carbocycles. The molecule has 0 unspecified atom stereocenters. The number of azo groups is 1. The summed E-state index contributed by atoms with van der Waals surface area (Å²) in [4.78, 5) is 31.9. The molecule has 0 saturated heterocycles. The van der Waals surface area contributed by atoms with Crippen LogP contribution in [0.1, 0.15) is 6.92 Å². The van der Waals surface area contributed by atoms with Crippen LogP contribution < -0.4 is 5.32 Å². The first kappa shape index (κ1) is 14.2. The minimum atomic E-state index is -0.971. The summed E-state index contributed by atoms with van der Waals surface area (Å²) >= 11 is 0. The number of rotatable bonds is 3. The van der Waals surface area contributed by atoms with Crippen molar-refractivity contribution in [2.75, 3.05) is 11.9 Å². The van der Waals surface area contributed by atoms with E-state index < -0.39 is 17.0 Å². The molecule has 0 radical (unpaired) electrons. The van der Waals surface area contributed by atoms with Crippen molar-refractivity contribution in [1.29, 1.82) is 0 Å². The first-order valence-corrected chi connectivity index (χ1v) is 5.17. The lowest BCUT2D eigenvalue weighted by atomic mass is 10.3. The van der Waals surface area contributed by atoms with Crippen molar-refractivity contribution in [2.45, 2.75) is 6.92 Å². The van der Waals surface area contributed by atoms with Gasteiger partial charge < -0.3 is 10.1 Å². The highest BCUT2D eigenvalue weighted by Gasteiger charge is 2.06. The van der Waals surface area contributed by atoms with Crippen LogP contribution in [0.2, 0.25) is 0 Å². The first-order chi connectivity index (χ1) is 9.02. The summed E-state index contributed by atoms with van der Waals surface area (Å²) in [5.74, 6) is 0. The van der Waals surface area contributed by atoms with E-state index in [1.54, 1.807) is 6.92 Å². The summed E-state index contributed by atoms with van der Waals surface area (Å²) in [7, 11) is 0. The van der Waals surface area contributed by atoms with Gasteiger partial charge in [-0.3, -0.25) is 10.1 Å². The smallest absolute Gasteiger partial charge is 0.447 e. The van der Waals surface area contributed by atoms with Crippen LogP contribution in [0.25, 0.3) is 0 Å². The summed E-state index contributed by atoms with van der Waals surface area (Å²) in [6, 6.07) is 4.21. The van der Waals surface area contributed by atoms with Crippen molar-refractivity contribution in [2.24, 2.45) is 10.2 Å². The fourth-order valence-electron chi connectivity index (χ4n) is 1.05. The second-order valence-corrected chi connectivity index (χ2v) is 3.13. The Morgan fingerprint density at radius 3 is 2.47 bits per heavy atom. The Morgan fingerprint density at radius 1 is 1.32 bits per heavy atom. The van der Waals surface area contributed by atoms with E-state index in [-0.39, 0.29) is 12.3 Å². The van der Waals surface area contributed by atoms with Crippen LogP contribution in [-0.4, -0.2) is 23.7 Å². The van der Waals surface area contributed by atoms with Gasteiger partial charge in [0.05, 0.1) is 11.5 Å². The molecule has 1 aromatic carbocycles. The molecule has 9 heteroatoms. The number of hydrogen-bond acceptors (Lipinski definition) is 5. The molecular formula is C10H10N4O5. The van der Waals surface area contributed by atoms with Gasteiger partial charge in [0.2, 0.25) is 0 Å². The summed E-state index contributed by atoms with van der Waals surface area (Å²) in [6.07, 6.45) is -0.971. The van der Waals surface area contributed by atoms with Crippen LogP contribution in [0.3, 0.4) is 0 Å². The molecular weight excluding hydrogens is 256 g/mol. The lowest BCUT2D eigenvalue weighted by Gasteiger charge is -1.99. The van der Waals surface area contributed by atoms with Gasteiger partial charge in [0.25, 0.3) is 5.69 Å². The van der Waals surface area contributed by atoms with Crippen molar-refractivity contribution in [3.63, 3.8) is 0 Å². The van der Waals surface area contributed by atoms with Gasteiger partial charge in [0.1, 0.15) is 0 Å². The molecule has 0 heterocycles. The molecule has 1 rings (SSSR count). The normalized spacial score (nSPS) is 10.2. The predicted molar refractivity (Wildman–Crippen MR) is 64.0 cm³/mol. The van der Waals surface area contributed by atoms with Gasteiger partial charge >= 0.3 is 12.1 Å². The van der Waals surface area contributed by atoms with E-state index in [9.17, 15) is 19.7 Å². The van der Waals surface area contributed by atoms with Gasteiger partial charge in [-0.2, -0.15) is 0 Å². The predicted octanol–water partition coefficient (Wildman–Crippen LogP) is 2.74. The molecule has 0 atom stereocenters. The molecule has 0 aromatic heterocycles. The van der Waals surface area contributed by atoms with E-state index in [1.807, 2.05) is 0 Å². The lowest BCUT2D eigenvalue weighted by molar-refractivity contribution is -0.384. The minimum Gasteiger partial charge on any atom is -0.447 e. The molecule has 9 nitrogen and oxygen atoms in total. The van der Waals surface area contributed by atoms with Crippen LogP contribution in [0.15, 0.2) is 34.5 Å². The van der Waals surface area contributed by atoms with Crippen molar-refractivity contribution in [1.82, 2.24) is 0 Å². The summed E-state index contributed by atoms with van der Waals surface area (Å²) in [5, 5.41) is 18.7. The van der Waals surface area contributed by atoms with Crippen molar-refractivity contribution in [3.8, 4) is 0 Å². The average molecular weight is 266 g/mol. The Balaban J connectivity index is 2.57. The van der Waals surface area contributed by atoms with Gasteiger partial charge in [-0.15, -0.1) is 0 Å². The molecule has 1 N–H and O–H groups in total. The van der Waals surface area contributed by atoms with Crippen LogP contribution in [0.4, 0.5) is 21.0 Å². The molecule has 0 aliphatic rings. The molecule has 0 aliphatic heterocycles. The molecule has 100 valence electrons. The standard InChI is InChI=1S/C10H10N4O5/c1-2-19-10(16)13-12-9(15)11-7-3-5-8(6-4-7)14(17)18/h3-6H,2H2,1H3,(H,11,15). The fraction of sp³-hybridized carbons (Fsp3) is 0.200. The maximum Gasteiger partial charge on any atom is 0.452 e. The Kier molecular flexibility index (Phi) is 5.08. The molecule has 0 saturated carbocycles. The summed E-state index contributed by atoms with van der Waals surface area (Å²) < 4.78 is 4.43. The SMILES string of the molecule is CCOC(=O)N=NC(=O)Nc1ccc([N+](=O)[O-])cc1. The lowest BCUT2D eigenvalue weighted by Crippen LogP contribution is -2.06. The number of nitro groups is 1. The fourth-order valence-corrected chi connectivity index (χ4v) is 1.05. The number of anilines is 1. The Labute approximate surface area is 107 Å². The Hall–Kier alpha value is -2.84. The van der Waals surface area contributed by atoms with E-state index in [4.69, 9.17) is 0 Å². The van der Waals surface area contributed by atoms with Crippen LogP contribution in [0.5, 0.6) is 0 Å². The van der Waals surface area contributed by atoms with E-state index in [2.05, 4.69) is 20.3 Å². The van der Waals surface area contributed by atoms with E-state index in [0.717, 1.165) is 0 Å². The second-order valence-electron chi connectivity index (χ2n) is 3.13. The maximum absolute atomic E-state index is 11.2. The molecule has 1 aromatic rings. The van der Waals surface area contributed by atoms with E-state index in [1.165, 1.54) is 24.3 Å². The number of amides is 3. The third kappa shape index (κ3) is 4.89. The van der Waals surface area contributed by atoms with Crippen LogP contribution in [-0.2, 0) is 4.74 Å². The maximum atomic E-state index is 11.2. The largest absolute Gasteiger partial charge is 0.452 e. The Morgan fingerprint density at radius 2 is 1.95 bits per heavy atom. The van der Waals surface area contributed by atoms with Gasteiger partial charge in [-0.05, 0) is 19.1 Å². The zero-order valence-electron chi connectivity index (χ0n) is 9.90. The first-order valence-electron chi connectivity index (χ1n) is 5.17. The number of ether oxygens (including phenoxy) is 1. The number of benzene rings is 1. The van der Waals surface area contributed by atoms with Crippen LogP contribution in [0, 0.1) is 10.1 Å². The number of carbonyl (C=O) groups excluding carboxylic acids is 2. The average Bonchev–Trinajstić information content (AvgIpc) is 2.37. The third-order valence-corrected chi connectivity index (χ3v) is 1.82. The number of hydrogen-bond donors (Lipinski definition) is 1. The zero-order valence-corrected chi connectivity index (χ0v) is 9.90. The number of nitro benzene ring substituents is 1. The molecule has 0 fully saturated rings. The van der Waals surface area contributed by atoms with Crippen molar-refractivity contribution in [3.05, 3.63) is 34.4 Å². The van der Waals surface area contributed by atoms with Gasteiger partial charge in [-0.25, -0.2) is 9.59 Å². The second kappa shape index (κ2) is 6.79. The zero-order chi connectivity index (χ0) is 14.3. The quantitative estimate of drug-likeness (QED) is 0.511. The highest BCUT2D eigenvalue weighted by Crippen LogP contribution is 2.15. The van der Waals surface area contributed by atoms with E-state index >= 15 is 0 Å². The van der Waals surface area contributed by atoms with Crippen molar-refractivity contribution < 1.29 is 19.2 Å². The minimum absolute atomic E-state index is 0.105. The third-order valence-electron chi connectivity index (χ3n) is 1.82. The Bertz CT molecular complexity index is 511. The van der Waals surface area contributed by atoms with Crippen LogP contribution >= 0.6 is 0 Å². The number of nitrogens with zero attached hydrogens (tertiary/aromatic N) is 3. The summed E-state index contributed by atoms with van der Waals surface area (Å²) in [5.41, 5.74) is 0.185.